The van der Waals surface area contributed by atoms with Gasteiger partial charge in [-0.25, -0.2) is 4.79 Å². The molecule has 2 aromatic rings. The van der Waals surface area contributed by atoms with E-state index >= 15 is 0 Å². The van der Waals surface area contributed by atoms with Crippen LogP contribution in [-0.2, 0) is 23.1 Å². The summed E-state index contributed by atoms with van der Waals surface area (Å²) in [5.74, 6) is 0.483. The quantitative estimate of drug-likeness (QED) is 0.282. The Labute approximate surface area is 224 Å². The van der Waals surface area contributed by atoms with Crippen molar-refractivity contribution in [3.63, 3.8) is 0 Å². The van der Waals surface area contributed by atoms with E-state index in [-0.39, 0.29) is 30.3 Å². The summed E-state index contributed by atoms with van der Waals surface area (Å²) >= 11 is 0. The third-order valence-electron chi connectivity index (χ3n) is 6.68. The summed E-state index contributed by atoms with van der Waals surface area (Å²) in [5.41, 5.74) is 4.15. The minimum atomic E-state index is -0.242. The first-order valence-electron chi connectivity index (χ1n) is 13.8. The molecule has 2 rings (SSSR count). The van der Waals surface area contributed by atoms with Crippen molar-refractivity contribution in [2.24, 2.45) is 7.05 Å². The van der Waals surface area contributed by atoms with Gasteiger partial charge in [0.1, 0.15) is 6.54 Å². The topological polar surface area (TPSA) is 66.8 Å². The maximum Gasteiger partial charge on any atom is 0.322 e. The average molecular weight is 513 g/mol. The van der Waals surface area contributed by atoms with E-state index in [0.717, 1.165) is 35.3 Å². The number of ether oxygens (including phenoxy) is 1. The van der Waals surface area contributed by atoms with Gasteiger partial charge in [-0.3, -0.25) is 4.79 Å². The van der Waals surface area contributed by atoms with Gasteiger partial charge < -0.3 is 24.4 Å². The number of aromatic nitrogens is 1. The molecule has 3 amide bonds. The van der Waals surface area contributed by atoms with Crippen LogP contribution in [-0.4, -0.2) is 59.2 Å². The first-order valence-corrected chi connectivity index (χ1v) is 13.8. The Hall–Kier alpha value is -2.80. The fourth-order valence-corrected chi connectivity index (χ4v) is 4.40. The lowest BCUT2D eigenvalue weighted by Gasteiger charge is -2.29. The molecule has 206 valence electrons. The molecule has 7 nitrogen and oxygen atoms in total. The zero-order valence-electron chi connectivity index (χ0n) is 24.0. The number of aryl methyl sites for hydroxylation is 1. The van der Waals surface area contributed by atoms with Crippen LogP contribution in [0.25, 0.3) is 0 Å². The van der Waals surface area contributed by atoms with Crippen molar-refractivity contribution in [2.75, 3.05) is 38.2 Å². The summed E-state index contributed by atoms with van der Waals surface area (Å²) in [4.78, 5) is 30.7. The molecule has 0 aliphatic carbocycles. The lowest BCUT2D eigenvalue weighted by atomic mass is 9.93. The van der Waals surface area contributed by atoms with Crippen LogP contribution in [0.3, 0.4) is 0 Å². The van der Waals surface area contributed by atoms with Gasteiger partial charge in [0.05, 0.1) is 6.54 Å². The van der Waals surface area contributed by atoms with Gasteiger partial charge in [0.25, 0.3) is 0 Å². The second-order valence-electron chi connectivity index (χ2n) is 10.3. The molecule has 0 saturated heterocycles. The highest BCUT2D eigenvalue weighted by atomic mass is 16.5. The standard InChI is InChI=1S/C30H48N4O3/c1-8-10-18-33(21-25-14-12-17-32(25)7)28(35)22-34(19-13-20-37-9-2)30(36)31-29-26(23(3)4)15-11-16-27(29)24(5)6/h11-12,14-17,23-24H,8-10,13,18-22H2,1-7H3,(H,31,36). The number of anilines is 1. The Bertz CT molecular complexity index is 957. The van der Waals surface area contributed by atoms with Gasteiger partial charge in [-0.05, 0) is 54.9 Å². The summed E-state index contributed by atoms with van der Waals surface area (Å²) in [7, 11) is 1.99. The average Bonchev–Trinajstić information content (AvgIpc) is 3.27. The Morgan fingerprint density at radius 3 is 2.14 bits per heavy atom. The van der Waals surface area contributed by atoms with E-state index < -0.39 is 0 Å². The summed E-state index contributed by atoms with van der Waals surface area (Å²) in [6.07, 6.45) is 4.58. The molecular weight excluding hydrogens is 464 g/mol. The van der Waals surface area contributed by atoms with Crippen LogP contribution >= 0.6 is 0 Å². The number of carbonyl (C=O) groups is 2. The fourth-order valence-electron chi connectivity index (χ4n) is 4.40. The van der Waals surface area contributed by atoms with E-state index in [1.807, 2.05) is 41.8 Å². The van der Waals surface area contributed by atoms with Gasteiger partial charge in [0, 0.05) is 50.9 Å². The molecule has 1 aromatic heterocycles. The van der Waals surface area contributed by atoms with Crippen LogP contribution in [0.15, 0.2) is 36.5 Å². The fraction of sp³-hybridized carbons (Fsp3) is 0.600. The van der Waals surface area contributed by atoms with Gasteiger partial charge >= 0.3 is 6.03 Å². The molecule has 0 fully saturated rings. The Morgan fingerprint density at radius 1 is 0.946 bits per heavy atom. The highest BCUT2D eigenvalue weighted by molar-refractivity contribution is 5.94. The number of urea groups is 1. The second kappa shape index (κ2) is 15.5. The molecule has 0 spiro atoms. The van der Waals surface area contributed by atoms with E-state index in [4.69, 9.17) is 4.74 Å². The van der Waals surface area contributed by atoms with Crippen LogP contribution in [0.4, 0.5) is 10.5 Å². The molecule has 0 unspecified atom stereocenters. The number of amides is 3. The largest absolute Gasteiger partial charge is 0.382 e. The van der Waals surface area contributed by atoms with E-state index in [1.165, 1.54) is 0 Å². The molecule has 1 heterocycles. The van der Waals surface area contributed by atoms with Crippen LogP contribution in [0.5, 0.6) is 0 Å². The van der Waals surface area contributed by atoms with Crippen molar-refractivity contribution < 1.29 is 14.3 Å². The minimum Gasteiger partial charge on any atom is -0.382 e. The first kappa shape index (κ1) is 30.4. The second-order valence-corrected chi connectivity index (χ2v) is 10.3. The molecule has 0 saturated carbocycles. The van der Waals surface area contributed by atoms with Gasteiger partial charge in [-0.1, -0.05) is 59.2 Å². The van der Waals surface area contributed by atoms with Crippen molar-refractivity contribution in [2.45, 2.75) is 79.2 Å². The number of benzene rings is 1. The summed E-state index contributed by atoms with van der Waals surface area (Å²) in [6.45, 7) is 15.5. The number of rotatable bonds is 15. The van der Waals surface area contributed by atoms with Crippen molar-refractivity contribution >= 4 is 17.6 Å². The number of carbonyl (C=O) groups excluding carboxylic acids is 2. The zero-order valence-corrected chi connectivity index (χ0v) is 24.0. The molecule has 0 bridgehead atoms. The summed E-state index contributed by atoms with van der Waals surface area (Å²) in [5, 5.41) is 3.20. The number of unbranched alkanes of at least 4 members (excludes halogenated alkanes) is 1. The van der Waals surface area contributed by atoms with Crippen LogP contribution < -0.4 is 5.32 Å². The van der Waals surface area contributed by atoms with E-state index in [1.54, 1.807) is 4.90 Å². The highest BCUT2D eigenvalue weighted by Crippen LogP contribution is 2.32. The summed E-state index contributed by atoms with van der Waals surface area (Å²) in [6, 6.07) is 9.98. The molecule has 1 aromatic carbocycles. The smallest absolute Gasteiger partial charge is 0.322 e. The van der Waals surface area contributed by atoms with E-state index in [2.05, 4.69) is 58.1 Å². The van der Waals surface area contributed by atoms with E-state index in [0.29, 0.717) is 39.3 Å². The Balaban J connectivity index is 2.28. The Morgan fingerprint density at radius 2 is 1.59 bits per heavy atom. The highest BCUT2D eigenvalue weighted by Gasteiger charge is 2.24. The number of para-hydroxylation sites is 1. The predicted octanol–water partition coefficient (Wildman–Crippen LogP) is 6.36. The first-order chi connectivity index (χ1) is 17.7. The minimum absolute atomic E-state index is 0.0347. The summed E-state index contributed by atoms with van der Waals surface area (Å²) < 4.78 is 7.55. The van der Waals surface area contributed by atoms with Crippen molar-refractivity contribution in [3.05, 3.63) is 53.3 Å². The molecule has 0 aliphatic rings. The number of nitrogens with one attached hydrogen (secondary N) is 1. The lowest BCUT2D eigenvalue weighted by Crippen LogP contribution is -2.45. The number of hydrogen-bond acceptors (Lipinski definition) is 3. The van der Waals surface area contributed by atoms with Crippen LogP contribution in [0.2, 0.25) is 0 Å². The van der Waals surface area contributed by atoms with Gasteiger partial charge in [0.15, 0.2) is 0 Å². The van der Waals surface area contributed by atoms with Gasteiger partial charge in [-0.15, -0.1) is 0 Å². The SMILES string of the molecule is CCCCN(Cc1cccn1C)C(=O)CN(CCCOCC)C(=O)Nc1c(C(C)C)cccc1C(C)C. The monoisotopic (exact) mass is 512 g/mol. The van der Waals surface area contributed by atoms with Crippen molar-refractivity contribution in [1.29, 1.82) is 0 Å². The van der Waals surface area contributed by atoms with Crippen molar-refractivity contribution in [3.8, 4) is 0 Å². The van der Waals surface area contributed by atoms with Gasteiger partial charge in [-0.2, -0.15) is 0 Å². The molecule has 1 N–H and O–H groups in total. The van der Waals surface area contributed by atoms with Crippen molar-refractivity contribution in [1.82, 2.24) is 14.4 Å². The van der Waals surface area contributed by atoms with Crippen LogP contribution in [0.1, 0.15) is 89.5 Å². The van der Waals surface area contributed by atoms with Gasteiger partial charge in [0.2, 0.25) is 5.91 Å². The maximum atomic E-state index is 13.7. The lowest BCUT2D eigenvalue weighted by molar-refractivity contribution is -0.132. The third kappa shape index (κ3) is 9.22. The number of hydrogen-bond donors (Lipinski definition) is 1. The van der Waals surface area contributed by atoms with E-state index in [9.17, 15) is 9.59 Å². The number of nitrogens with zero attached hydrogens (tertiary/aromatic N) is 3. The molecule has 37 heavy (non-hydrogen) atoms. The third-order valence-corrected chi connectivity index (χ3v) is 6.68. The molecular formula is C30H48N4O3. The predicted molar refractivity (Wildman–Crippen MR) is 152 cm³/mol. The molecule has 0 aliphatic heterocycles. The zero-order chi connectivity index (χ0) is 27.4. The molecule has 7 heteroatoms. The molecule has 0 radical (unpaired) electrons. The Kier molecular flexibility index (Phi) is 12.7. The van der Waals surface area contributed by atoms with Crippen LogP contribution in [0, 0.1) is 0 Å². The normalized spacial score (nSPS) is 11.3. The maximum absolute atomic E-state index is 13.7. The molecule has 0 atom stereocenters.